The molecule has 2 fully saturated rings. The second-order valence-corrected chi connectivity index (χ2v) is 9.98. The molecule has 2 aromatic rings. The molecule has 2 aliphatic heterocycles. The lowest BCUT2D eigenvalue weighted by molar-refractivity contribution is -0.128. The molecule has 0 atom stereocenters. The van der Waals surface area contributed by atoms with Gasteiger partial charge in [0.2, 0.25) is 5.91 Å². The SMILES string of the molecule is CC(=O)N1CC=C(c2cc3nccc(O/C(=C/NC4CC4)C(=N)C4CCOCC4)c3s2)CC1. The highest BCUT2D eigenvalue weighted by Crippen LogP contribution is 2.38. The van der Waals surface area contributed by atoms with Gasteiger partial charge in [0.15, 0.2) is 5.76 Å². The summed E-state index contributed by atoms with van der Waals surface area (Å²) in [5.41, 5.74) is 2.68. The number of hydrogen-bond donors (Lipinski definition) is 2. The van der Waals surface area contributed by atoms with Gasteiger partial charge in [-0.3, -0.25) is 9.78 Å². The van der Waals surface area contributed by atoms with Crippen LogP contribution in [0.4, 0.5) is 0 Å². The number of allylic oxidation sites excluding steroid dienone is 1. The molecule has 0 aromatic carbocycles. The van der Waals surface area contributed by atoms with Crippen LogP contribution in [0.25, 0.3) is 15.8 Å². The summed E-state index contributed by atoms with van der Waals surface area (Å²) in [6, 6.07) is 4.49. The predicted octanol–water partition coefficient (Wildman–Crippen LogP) is 4.35. The molecule has 1 amide bonds. The maximum Gasteiger partial charge on any atom is 0.219 e. The Hall–Kier alpha value is -2.71. The lowest BCUT2D eigenvalue weighted by Gasteiger charge is -2.24. The van der Waals surface area contributed by atoms with Gasteiger partial charge in [-0.1, -0.05) is 6.08 Å². The van der Waals surface area contributed by atoms with Gasteiger partial charge in [-0.2, -0.15) is 0 Å². The van der Waals surface area contributed by atoms with E-state index in [1.54, 1.807) is 24.5 Å². The normalized spacial score (nSPS) is 20.0. The first-order chi connectivity index (χ1) is 16.1. The van der Waals surface area contributed by atoms with Crippen LogP contribution in [0.15, 0.2) is 36.4 Å². The molecule has 1 aliphatic carbocycles. The van der Waals surface area contributed by atoms with Gasteiger partial charge < -0.3 is 25.1 Å². The Bertz CT molecular complexity index is 1110. The second-order valence-electron chi connectivity index (χ2n) is 8.93. The molecular formula is C25H30N4O3S. The summed E-state index contributed by atoms with van der Waals surface area (Å²) in [4.78, 5) is 19.2. The highest BCUT2D eigenvalue weighted by Gasteiger charge is 2.26. The highest BCUT2D eigenvalue weighted by molar-refractivity contribution is 7.20. The third-order valence-corrected chi connectivity index (χ3v) is 7.70. The van der Waals surface area contributed by atoms with Gasteiger partial charge in [-0.15, -0.1) is 11.3 Å². The van der Waals surface area contributed by atoms with Crippen molar-refractivity contribution in [1.82, 2.24) is 15.2 Å². The van der Waals surface area contributed by atoms with E-state index in [4.69, 9.17) is 14.9 Å². The molecule has 33 heavy (non-hydrogen) atoms. The number of fused-ring (bicyclic) bond motifs is 1. The van der Waals surface area contributed by atoms with Gasteiger partial charge in [0.05, 0.1) is 15.9 Å². The van der Waals surface area contributed by atoms with Crippen molar-refractivity contribution in [3.63, 3.8) is 0 Å². The third kappa shape index (κ3) is 5.12. The maximum atomic E-state index is 11.6. The number of nitrogens with one attached hydrogen (secondary N) is 2. The zero-order chi connectivity index (χ0) is 22.8. The van der Waals surface area contributed by atoms with Gasteiger partial charge in [-0.25, -0.2) is 0 Å². The average Bonchev–Trinajstić information content (AvgIpc) is 3.57. The quantitative estimate of drug-likeness (QED) is 0.468. The first-order valence-electron chi connectivity index (χ1n) is 11.7. The van der Waals surface area contributed by atoms with E-state index in [-0.39, 0.29) is 11.8 Å². The predicted molar refractivity (Wildman–Crippen MR) is 131 cm³/mol. The van der Waals surface area contributed by atoms with Crippen LogP contribution in [0.3, 0.4) is 0 Å². The molecule has 174 valence electrons. The molecule has 0 bridgehead atoms. The monoisotopic (exact) mass is 466 g/mol. The Labute approximate surface area is 198 Å². The van der Waals surface area contributed by atoms with Gasteiger partial charge in [0.25, 0.3) is 0 Å². The molecule has 5 rings (SSSR count). The van der Waals surface area contributed by atoms with E-state index in [0.29, 0.717) is 37.3 Å². The summed E-state index contributed by atoms with van der Waals surface area (Å²) in [5.74, 6) is 1.59. The zero-order valence-electron chi connectivity index (χ0n) is 18.9. The van der Waals surface area contributed by atoms with Crippen LogP contribution in [0.1, 0.15) is 43.9 Å². The van der Waals surface area contributed by atoms with E-state index in [0.717, 1.165) is 46.7 Å². The van der Waals surface area contributed by atoms with E-state index < -0.39 is 0 Å². The Morgan fingerprint density at radius 3 is 2.85 bits per heavy atom. The van der Waals surface area contributed by atoms with Crippen molar-refractivity contribution in [2.24, 2.45) is 5.92 Å². The fourth-order valence-electron chi connectivity index (χ4n) is 4.24. The topological polar surface area (TPSA) is 87.5 Å². The smallest absolute Gasteiger partial charge is 0.219 e. The minimum atomic E-state index is 0.116. The number of rotatable bonds is 7. The molecule has 8 heteroatoms. The Kier molecular flexibility index (Phi) is 6.46. The van der Waals surface area contributed by atoms with Crippen molar-refractivity contribution < 1.29 is 14.3 Å². The first kappa shape index (κ1) is 22.1. The lowest BCUT2D eigenvalue weighted by Crippen LogP contribution is -2.32. The van der Waals surface area contributed by atoms with Crippen LogP contribution >= 0.6 is 11.3 Å². The van der Waals surface area contributed by atoms with E-state index in [1.165, 1.54) is 18.4 Å². The third-order valence-electron chi connectivity index (χ3n) is 6.49. The van der Waals surface area contributed by atoms with Crippen LogP contribution in [0, 0.1) is 11.3 Å². The van der Waals surface area contributed by atoms with Crippen LogP contribution in [0.5, 0.6) is 5.75 Å². The first-order valence-corrected chi connectivity index (χ1v) is 12.5. The van der Waals surface area contributed by atoms with Crippen LogP contribution < -0.4 is 10.1 Å². The number of carbonyl (C=O) groups excluding carboxylic acids is 1. The molecule has 2 aromatic heterocycles. The van der Waals surface area contributed by atoms with Crippen molar-refractivity contribution in [3.05, 3.63) is 41.2 Å². The van der Waals surface area contributed by atoms with Crippen molar-refractivity contribution in [2.45, 2.75) is 45.1 Å². The molecule has 7 nitrogen and oxygen atoms in total. The van der Waals surface area contributed by atoms with E-state index >= 15 is 0 Å². The molecule has 1 saturated carbocycles. The summed E-state index contributed by atoms with van der Waals surface area (Å²) < 4.78 is 12.9. The molecule has 4 heterocycles. The van der Waals surface area contributed by atoms with Gasteiger partial charge in [0.1, 0.15) is 5.75 Å². The number of pyridine rings is 1. The number of ether oxygens (including phenoxy) is 2. The van der Waals surface area contributed by atoms with Gasteiger partial charge >= 0.3 is 0 Å². The fraction of sp³-hybridized carbons (Fsp3) is 0.480. The van der Waals surface area contributed by atoms with Crippen molar-refractivity contribution >= 4 is 38.7 Å². The van der Waals surface area contributed by atoms with Crippen molar-refractivity contribution in [3.8, 4) is 5.75 Å². The van der Waals surface area contributed by atoms with Crippen molar-refractivity contribution in [2.75, 3.05) is 26.3 Å². The van der Waals surface area contributed by atoms with Crippen LogP contribution in [-0.2, 0) is 9.53 Å². The number of aromatic nitrogens is 1. The molecular weight excluding hydrogens is 436 g/mol. The molecule has 2 N–H and O–H groups in total. The average molecular weight is 467 g/mol. The number of amides is 1. The summed E-state index contributed by atoms with van der Waals surface area (Å²) in [6.45, 7) is 4.40. The number of carbonyl (C=O) groups is 1. The number of nitrogens with zero attached hydrogens (tertiary/aromatic N) is 2. The van der Waals surface area contributed by atoms with Crippen LogP contribution in [-0.4, -0.2) is 53.8 Å². The summed E-state index contributed by atoms with van der Waals surface area (Å²) >= 11 is 1.67. The lowest BCUT2D eigenvalue weighted by atomic mass is 9.93. The van der Waals surface area contributed by atoms with Crippen molar-refractivity contribution in [1.29, 1.82) is 5.41 Å². The maximum absolute atomic E-state index is 11.6. The van der Waals surface area contributed by atoms with Gasteiger partial charge in [0, 0.05) is 68.5 Å². The van der Waals surface area contributed by atoms with E-state index in [2.05, 4.69) is 22.4 Å². The minimum Gasteiger partial charge on any atom is -0.452 e. The second kappa shape index (κ2) is 9.65. The largest absolute Gasteiger partial charge is 0.452 e. The molecule has 0 radical (unpaired) electrons. The number of hydrogen-bond acceptors (Lipinski definition) is 7. The van der Waals surface area contributed by atoms with Gasteiger partial charge in [-0.05, 0) is 43.7 Å². The Morgan fingerprint density at radius 2 is 2.15 bits per heavy atom. The van der Waals surface area contributed by atoms with E-state index in [9.17, 15) is 4.79 Å². The van der Waals surface area contributed by atoms with Crippen LogP contribution in [0.2, 0.25) is 0 Å². The summed E-state index contributed by atoms with van der Waals surface area (Å²) in [7, 11) is 0. The summed E-state index contributed by atoms with van der Waals surface area (Å²) in [5, 5.41) is 12.2. The zero-order valence-corrected chi connectivity index (χ0v) is 19.7. The standard InChI is InChI=1S/C25H30N4O3S/c1-16(30)29-10-5-17(6-11-29)23-14-20-25(33-23)21(4-9-27-20)32-22(15-28-19-2-3-19)24(26)18-7-12-31-13-8-18/h4-5,9,14-15,18-19,26,28H,2-3,6-8,10-13H2,1H3/b22-15+,26-24?. The Morgan fingerprint density at radius 1 is 1.33 bits per heavy atom. The summed E-state index contributed by atoms with van der Waals surface area (Å²) in [6.07, 6.45) is 10.7. The molecule has 1 saturated heterocycles. The highest BCUT2D eigenvalue weighted by atomic mass is 32.1. The number of thiophene rings is 1. The fourth-order valence-corrected chi connectivity index (χ4v) is 5.38. The molecule has 0 unspecified atom stereocenters. The Balaban J connectivity index is 1.40. The molecule has 3 aliphatic rings. The van der Waals surface area contributed by atoms with E-state index in [1.807, 2.05) is 17.2 Å². The minimum absolute atomic E-state index is 0.116. The molecule has 0 spiro atoms.